The van der Waals surface area contributed by atoms with Gasteiger partial charge in [0, 0.05) is 11.8 Å². The van der Waals surface area contributed by atoms with Crippen LogP contribution in [0.3, 0.4) is 0 Å². The third-order valence-electron chi connectivity index (χ3n) is 4.37. The van der Waals surface area contributed by atoms with Gasteiger partial charge in [-0.3, -0.25) is 14.3 Å². The van der Waals surface area contributed by atoms with Crippen LogP contribution in [0.1, 0.15) is 18.7 Å². The molecule has 6 atom stereocenters. The molecule has 0 radical (unpaired) electrons. The van der Waals surface area contributed by atoms with E-state index in [4.69, 9.17) is 14.0 Å². The molecule has 1 aromatic heterocycles. The van der Waals surface area contributed by atoms with E-state index in [1.165, 1.54) is 17.4 Å². The number of aromatic amines is 1. The normalized spacial score (nSPS) is 36.4. The molecule has 3 rings (SSSR count). The van der Waals surface area contributed by atoms with Gasteiger partial charge in [0.05, 0.1) is 6.10 Å². The predicted molar refractivity (Wildman–Crippen MR) is 78.7 cm³/mol. The van der Waals surface area contributed by atoms with Gasteiger partial charge in [-0.25, -0.2) is 4.79 Å². The zero-order valence-corrected chi connectivity index (χ0v) is 13.8. The largest absolute Gasteiger partial charge is 0.504 e. The maximum atomic E-state index is 12.0. The monoisotopic (exact) mass is 345 g/mol. The highest BCUT2D eigenvalue weighted by molar-refractivity contribution is 7.38. The summed E-state index contributed by atoms with van der Waals surface area (Å²) in [5, 5.41) is 10.5. The van der Waals surface area contributed by atoms with Crippen molar-refractivity contribution >= 4 is 8.03 Å². The molecule has 0 aliphatic carbocycles. The highest BCUT2D eigenvalue weighted by atomic mass is 31.1. The van der Waals surface area contributed by atoms with E-state index in [9.17, 15) is 19.3 Å². The Morgan fingerprint density at radius 3 is 2.87 bits per heavy atom. The number of aliphatic hydroxyl groups is 1. The number of ether oxygens (including phenoxy) is 2. The molecule has 0 aromatic carbocycles. The number of nitrogens with zero attached hydrogens (tertiary/aromatic N) is 1. The lowest BCUT2D eigenvalue weighted by molar-refractivity contribution is -0.215. The Bertz CT molecular complexity index is 759. The molecule has 2 saturated heterocycles. The molecule has 2 fully saturated rings. The van der Waals surface area contributed by atoms with Crippen LogP contribution in [0.25, 0.3) is 0 Å². The predicted octanol–water partition coefficient (Wildman–Crippen LogP) is -0.350. The smallest absolute Gasteiger partial charge is 0.387 e. The number of aliphatic hydroxyl groups excluding tert-OH is 1. The summed E-state index contributed by atoms with van der Waals surface area (Å²) >= 11 is 0. The number of fused-ring (bicyclic) bond motifs is 2. The number of H-pyrrole nitrogens is 1. The van der Waals surface area contributed by atoms with Crippen molar-refractivity contribution in [3.63, 3.8) is 0 Å². The van der Waals surface area contributed by atoms with E-state index in [1.54, 1.807) is 13.8 Å². The molecule has 10 heteroatoms. The summed E-state index contributed by atoms with van der Waals surface area (Å²) in [4.78, 5) is 25.7. The fourth-order valence-corrected chi connectivity index (χ4v) is 3.43. The summed E-state index contributed by atoms with van der Waals surface area (Å²) in [7, 11) is -1.87. The molecule has 0 amide bonds. The molecule has 23 heavy (non-hydrogen) atoms. The Kier molecular flexibility index (Phi) is 4.02. The van der Waals surface area contributed by atoms with Crippen LogP contribution < -0.4 is 11.2 Å². The lowest BCUT2D eigenvalue weighted by Crippen LogP contribution is -2.50. The number of aryl methyl sites for hydroxylation is 1. The molecule has 1 aromatic rings. The summed E-state index contributed by atoms with van der Waals surface area (Å²) in [5.41, 5.74) is -2.01. The van der Waals surface area contributed by atoms with Gasteiger partial charge in [-0.1, -0.05) is 0 Å². The van der Waals surface area contributed by atoms with E-state index in [-0.39, 0.29) is 6.61 Å². The molecule has 0 saturated carbocycles. The fraction of sp³-hybridized carbons (Fsp3) is 0.692. The molecule has 2 N–H and O–H groups in total. The molecule has 2 aliphatic heterocycles. The van der Waals surface area contributed by atoms with Crippen LogP contribution in [0.5, 0.6) is 0 Å². The Balaban J connectivity index is 1.97. The van der Waals surface area contributed by atoms with Gasteiger partial charge in [0.1, 0.15) is 18.8 Å². The van der Waals surface area contributed by atoms with Crippen molar-refractivity contribution in [1.29, 1.82) is 0 Å². The highest BCUT2D eigenvalue weighted by Gasteiger charge is 2.66. The van der Waals surface area contributed by atoms with Gasteiger partial charge in [0.25, 0.3) is 5.56 Å². The summed E-state index contributed by atoms with van der Waals surface area (Å²) in [6.45, 7) is 4.55. The first-order valence-corrected chi connectivity index (χ1v) is 8.76. The van der Waals surface area contributed by atoms with Gasteiger partial charge in [0.2, 0.25) is 0 Å². The molecular weight excluding hydrogens is 327 g/mol. The summed E-state index contributed by atoms with van der Waals surface area (Å²) in [5.74, 6) is 0. The Morgan fingerprint density at radius 1 is 1.52 bits per heavy atom. The summed E-state index contributed by atoms with van der Waals surface area (Å²) in [6, 6.07) is 0. The minimum Gasteiger partial charge on any atom is -0.387 e. The molecule has 3 heterocycles. The maximum Gasteiger partial charge on any atom is 0.504 e. The van der Waals surface area contributed by atoms with E-state index < -0.39 is 49.4 Å². The second-order valence-corrected chi connectivity index (χ2v) is 6.98. The van der Waals surface area contributed by atoms with Crippen LogP contribution in [0, 0.1) is 6.92 Å². The second kappa shape index (κ2) is 5.61. The average molecular weight is 345 g/mol. The van der Waals surface area contributed by atoms with Crippen molar-refractivity contribution in [1.82, 2.24) is 9.55 Å². The average Bonchev–Trinajstić information content (AvgIpc) is 2.88. The number of rotatable bonds is 4. The molecule has 0 spiro atoms. The fourth-order valence-electron chi connectivity index (χ4n) is 3.04. The van der Waals surface area contributed by atoms with Crippen molar-refractivity contribution in [3.8, 4) is 0 Å². The van der Waals surface area contributed by atoms with Crippen LogP contribution >= 0.6 is 8.03 Å². The van der Waals surface area contributed by atoms with Crippen LogP contribution in [0.15, 0.2) is 15.8 Å². The van der Waals surface area contributed by atoms with Gasteiger partial charge in [0.15, 0.2) is 18.5 Å². The third kappa shape index (κ3) is 2.49. The van der Waals surface area contributed by atoms with Crippen molar-refractivity contribution in [2.75, 3.05) is 13.3 Å². The molecule has 2 bridgehead atoms. The maximum absolute atomic E-state index is 12.0. The SMILES string of the molecule is Cc1cn([C@@H]2O[C@@]3(CO[P+](C)=O)[C@H](C)O[C@@H]2[C@@H]3O)c(=O)[nH]c1=O. The minimum atomic E-state index is -1.87. The number of aromatic nitrogens is 2. The zero-order valence-electron chi connectivity index (χ0n) is 12.9. The van der Waals surface area contributed by atoms with Crippen molar-refractivity contribution in [3.05, 3.63) is 32.6 Å². The Hall–Kier alpha value is -1.38. The minimum absolute atomic E-state index is 0.120. The van der Waals surface area contributed by atoms with Crippen molar-refractivity contribution in [2.24, 2.45) is 0 Å². The van der Waals surface area contributed by atoms with E-state index in [0.29, 0.717) is 5.56 Å². The third-order valence-corrected chi connectivity index (χ3v) is 4.87. The Morgan fingerprint density at radius 2 is 2.22 bits per heavy atom. The summed E-state index contributed by atoms with van der Waals surface area (Å²) < 4.78 is 29.2. The number of nitrogens with one attached hydrogen (secondary N) is 1. The molecule has 9 nitrogen and oxygen atoms in total. The Labute approximate surface area is 132 Å². The second-order valence-electron chi connectivity index (χ2n) is 5.84. The quantitative estimate of drug-likeness (QED) is 0.716. The molecule has 2 aliphatic rings. The highest BCUT2D eigenvalue weighted by Crippen LogP contribution is 2.49. The first-order chi connectivity index (χ1) is 10.8. The van der Waals surface area contributed by atoms with Crippen LogP contribution in [-0.2, 0) is 18.6 Å². The van der Waals surface area contributed by atoms with Gasteiger partial charge in [-0.2, -0.15) is 0 Å². The van der Waals surface area contributed by atoms with E-state index >= 15 is 0 Å². The number of hydrogen-bond donors (Lipinski definition) is 2. The standard InChI is InChI=1S/C13H17N2O7P/c1-6-4-15(12(18)14-10(6)17)11-8-9(16)13(22-11,7(2)21-8)5-20-23(3)19/h4,7-9,11,16H,5H2,1-3H3/p+1/t7-,8+,9-,11+,13-/m0/s1. The van der Waals surface area contributed by atoms with Gasteiger partial charge in [-0.05, 0) is 18.4 Å². The van der Waals surface area contributed by atoms with Crippen LogP contribution in [-0.4, -0.2) is 51.8 Å². The lowest BCUT2D eigenvalue weighted by atomic mass is 9.94. The topological polar surface area (TPSA) is 120 Å². The van der Waals surface area contributed by atoms with E-state index in [1.807, 2.05) is 0 Å². The molecule has 126 valence electrons. The van der Waals surface area contributed by atoms with E-state index in [2.05, 4.69) is 4.98 Å². The van der Waals surface area contributed by atoms with Gasteiger partial charge < -0.3 is 14.6 Å². The van der Waals surface area contributed by atoms with Crippen LogP contribution in [0.4, 0.5) is 0 Å². The lowest BCUT2D eigenvalue weighted by Gasteiger charge is -2.34. The van der Waals surface area contributed by atoms with E-state index in [0.717, 1.165) is 0 Å². The molecule has 1 unspecified atom stereocenters. The van der Waals surface area contributed by atoms with Gasteiger partial charge in [-0.15, -0.1) is 4.52 Å². The van der Waals surface area contributed by atoms with Gasteiger partial charge >= 0.3 is 13.7 Å². The molecular formula is C13H18N2O7P+. The number of hydrogen-bond acceptors (Lipinski definition) is 7. The van der Waals surface area contributed by atoms with Crippen molar-refractivity contribution in [2.45, 2.75) is 44.0 Å². The van der Waals surface area contributed by atoms with Crippen LogP contribution in [0.2, 0.25) is 0 Å². The van der Waals surface area contributed by atoms with Crippen molar-refractivity contribution < 1.29 is 23.7 Å². The summed E-state index contributed by atoms with van der Waals surface area (Å²) in [6.07, 6.45) is -1.86. The first-order valence-electron chi connectivity index (χ1n) is 7.13. The zero-order chi connectivity index (χ0) is 16.9. The first kappa shape index (κ1) is 16.5.